The number of ether oxygens (including phenoxy) is 1. The summed E-state index contributed by atoms with van der Waals surface area (Å²) in [7, 11) is -2.31. The molecule has 0 aromatic carbocycles. The maximum atomic E-state index is 14.1. The lowest BCUT2D eigenvalue weighted by molar-refractivity contribution is -0.160. The Bertz CT molecular complexity index is 458. The first-order chi connectivity index (χ1) is 8.90. The minimum Gasteiger partial charge on any atom is -0.457 e. The van der Waals surface area contributed by atoms with Gasteiger partial charge < -0.3 is 14.3 Å². The number of ketones is 1. The van der Waals surface area contributed by atoms with Gasteiger partial charge in [0.15, 0.2) is 8.32 Å². The van der Waals surface area contributed by atoms with Gasteiger partial charge >= 0.3 is 5.97 Å². The van der Waals surface area contributed by atoms with Crippen molar-refractivity contribution in [2.24, 2.45) is 0 Å². The van der Waals surface area contributed by atoms with Gasteiger partial charge in [0.1, 0.15) is 12.2 Å². The summed E-state index contributed by atoms with van der Waals surface area (Å²) in [5, 5.41) is 9.73. The van der Waals surface area contributed by atoms with E-state index in [0.29, 0.717) is 0 Å². The average molecular weight is 304 g/mol. The Morgan fingerprint density at radius 3 is 2.45 bits per heavy atom. The van der Waals surface area contributed by atoms with E-state index >= 15 is 0 Å². The molecule has 1 N–H and O–H groups in total. The smallest absolute Gasteiger partial charge is 0.342 e. The van der Waals surface area contributed by atoms with Crippen LogP contribution in [0.4, 0.5) is 4.39 Å². The van der Waals surface area contributed by atoms with Gasteiger partial charge in [-0.05, 0) is 18.1 Å². The number of alkyl halides is 1. The molecule has 1 aliphatic heterocycles. The van der Waals surface area contributed by atoms with Gasteiger partial charge in [-0.1, -0.05) is 20.8 Å². The highest BCUT2D eigenvalue weighted by atomic mass is 28.4. The zero-order valence-corrected chi connectivity index (χ0v) is 13.4. The van der Waals surface area contributed by atoms with Crippen molar-refractivity contribution >= 4 is 20.1 Å². The number of halogens is 1. The lowest BCUT2D eigenvalue weighted by Crippen LogP contribution is -2.59. The van der Waals surface area contributed by atoms with Crippen molar-refractivity contribution in [1.29, 1.82) is 0 Å². The molecule has 1 saturated carbocycles. The Morgan fingerprint density at radius 1 is 1.40 bits per heavy atom. The Hall–Kier alpha value is -0.793. The van der Waals surface area contributed by atoms with Gasteiger partial charge in [-0.2, -0.15) is 0 Å². The number of carbonyl (C=O) groups is 2. The van der Waals surface area contributed by atoms with E-state index in [1.54, 1.807) is 0 Å². The van der Waals surface area contributed by atoms with Crippen molar-refractivity contribution in [3.8, 4) is 0 Å². The number of hydrogen-bond donors (Lipinski definition) is 1. The molecule has 114 valence electrons. The molecule has 4 atom stereocenters. The molecule has 0 aromatic rings. The molecule has 5 nitrogen and oxygen atoms in total. The summed E-state index contributed by atoms with van der Waals surface area (Å²) in [5.74, 6) is -1.95. The molecule has 2 fully saturated rings. The van der Waals surface area contributed by atoms with E-state index in [9.17, 15) is 19.1 Å². The number of carbonyl (C=O) groups excluding carboxylic acids is 2. The molecule has 2 bridgehead atoms. The lowest BCUT2D eigenvalue weighted by atomic mass is 9.82. The number of fused-ring (bicyclic) bond motifs is 2. The van der Waals surface area contributed by atoms with E-state index in [1.807, 2.05) is 33.9 Å². The summed E-state index contributed by atoms with van der Waals surface area (Å²) in [6.07, 6.45) is -4.50. The monoisotopic (exact) mass is 304 g/mol. The molecular formula is C13H21FO5Si. The molecule has 2 aliphatic rings. The highest BCUT2D eigenvalue weighted by Gasteiger charge is 2.65. The van der Waals surface area contributed by atoms with Crippen LogP contribution in [-0.2, 0) is 18.8 Å². The Morgan fingerprint density at radius 2 is 1.95 bits per heavy atom. The average Bonchev–Trinajstić information content (AvgIpc) is 2.57. The van der Waals surface area contributed by atoms with Crippen molar-refractivity contribution in [3.05, 3.63) is 0 Å². The number of Topliss-reactive ketones (excluding diaryl/α,β-unsaturated/α-hetero) is 1. The summed E-state index contributed by atoms with van der Waals surface area (Å²) >= 11 is 0. The first-order valence-electron chi connectivity index (χ1n) is 6.69. The summed E-state index contributed by atoms with van der Waals surface area (Å²) in [6.45, 7) is 9.86. The molecule has 1 saturated heterocycles. The third-order valence-corrected chi connectivity index (χ3v) is 9.09. The molecule has 0 radical (unpaired) electrons. The SMILES string of the molecule is CC(C)(C)[Si](C)(C)O[C@@H]1C(=O)[C@H](F)[C@]2(O)C[C@H]1OC2=O. The van der Waals surface area contributed by atoms with E-state index in [1.165, 1.54) is 0 Å². The van der Waals surface area contributed by atoms with Crippen molar-refractivity contribution in [3.63, 3.8) is 0 Å². The van der Waals surface area contributed by atoms with Gasteiger partial charge in [-0.3, -0.25) is 4.79 Å². The van der Waals surface area contributed by atoms with E-state index in [2.05, 4.69) is 0 Å². The second-order valence-electron chi connectivity index (χ2n) is 7.14. The van der Waals surface area contributed by atoms with Crippen LogP contribution in [0.5, 0.6) is 0 Å². The molecular weight excluding hydrogens is 283 g/mol. The van der Waals surface area contributed by atoms with Gasteiger partial charge in [-0.25, -0.2) is 9.18 Å². The third-order valence-electron chi connectivity index (χ3n) is 4.64. The lowest BCUT2D eigenvalue weighted by Gasteiger charge is -2.41. The van der Waals surface area contributed by atoms with Gasteiger partial charge in [0.25, 0.3) is 0 Å². The molecule has 0 aromatic heterocycles. The predicted octanol–water partition coefficient (Wildman–Crippen LogP) is 1.34. The fraction of sp³-hybridized carbons (Fsp3) is 0.846. The second-order valence-corrected chi connectivity index (χ2v) is 11.9. The number of esters is 1. The summed E-state index contributed by atoms with van der Waals surface area (Å²) in [5.41, 5.74) is -2.32. The largest absolute Gasteiger partial charge is 0.457 e. The van der Waals surface area contributed by atoms with Crippen LogP contribution in [0, 0.1) is 0 Å². The Balaban J connectivity index is 2.27. The maximum Gasteiger partial charge on any atom is 0.342 e. The van der Waals surface area contributed by atoms with Gasteiger partial charge in [0.05, 0.1) is 0 Å². The van der Waals surface area contributed by atoms with E-state index in [4.69, 9.17) is 9.16 Å². The van der Waals surface area contributed by atoms with Crippen LogP contribution < -0.4 is 0 Å². The minimum absolute atomic E-state index is 0.157. The topological polar surface area (TPSA) is 72.8 Å². The van der Waals surface area contributed by atoms with E-state index in [-0.39, 0.29) is 11.5 Å². The first kappa shape index (κ1) is 15.6. The first-order valence-corrected chi connectivity index (χ1v) is 9.60. The molecule has 0 amide bonds. The minimum atomic E-state index is -2.32. The van der Waals surface area contributed by atoms with Crippen LogP contribution in [0.15, 0.2) is 0 Å². The van der Waals surface area contributed by atoms with Crippen molar-refractivity contribution in [2.75, 3.05) is 0 Å². The van der Waals surface area contributed by atoms with Gasteiger partial charge in [-0.15, -0.1) is 0 Å². The standard InChI is InChI=1S/C13H21FO5Si/c1-12(2,3)20(4,5)19-9-7-6-13(17,11(16)18-7)10(14)8(9)15/h7,9-10,17H,6H2,1-5H3/t7-,9+,10+,13-/m1/s1. The molecule has 7 heteroatoms. The summed E-state index contributed by atoms with van der Waals surface area (Å²) < 4.78 is 24.9. The van der Waals surface area contributed by atoms with Crippen LogP contribution in [0.2, 0.25) is 18.1 Å². The van der Waals surface area contributed by atoms with Crippen molar-refractivity contribution in [2.45, 2.75) is 69.3 Å². The van der Waals surface area contributed by atoms with E-state index in [0.717, 1.165) is 0 Å². The number of hydrogen-bond acceptors (Lipinski definition) is 5. The number of rotatable bonds is 2. The van der Waals surface area contributed by atoms with Crippen LogP contribution >= 0.6 is 0 Å². The summed E-state index contributed by atoms with van der Waals surface area (Å²) in [4.78, 5) is 23.6. The van der Waals surface area contributed by atoms with Crippen LogP contribution in [0.1, 0.15) is 27.2 Å². The van der Waals surface area contributed by atoms with Crippen molar-refractivity contribution < 1.29 is 28.2 Å². The van der Waals surface area contributed by atoms with Crippen LogP contribution in [0.25, 0.3) is 0 Å². The quantitative estimate of drug-likeness (QED) is 0.616. The highest BCUT2D eigenvalue weighted by Crippen LogP contribution is 2.43. The zero-order chi connectivity index (χ0) is 15.5. The van der Waals surface area contributed by atoms with Crippen LogP contribution in [-0.4, -0.2) is 49.2 Å². The zero-order valence-electron chi connectivity index (χ0n) is 12.4. The fourth-order valence-corrected chi connectivity index (χ4v) is 3.49. The van der Waals surface area contributed by atoms with Gasteiger partial charge in [0.2, 0.25) is 17.6 Å². The maximum absolute atomic E-state index is 14.1. The molecule has 0 spiro atoms. The van der Waals surface area contributed by atoms with Crippen LogP contribution in [0.3, 0.4) is 0 Å². The molecule has 1 aliphatic carbocycles. The van der Waals surface area contributed by atoms with E-state index < -0.39 is 44.1 Å². The van der Waals surface area contributed by atoms with Crippen molar-refractivity contribution in [1.82, 2.24) is 0 Å². The molecule has 0 unspecified atom stereocenters. The molecule has 2 rings (SSSR count). The Kier molecular flexibility index (Phi) is 3.39. The Labute approximate surface area is 118 Å². The normalized spacial score (nSPS) is 38.0. The fourth-order valence-electron chi connectivity index (χ4n) is 2.24. The highest BCUT2D eigenvalue weighted by molar-refractivity contribution is 6.74. The van der Waals surface area contributed by atoms with Gasteiger partial charge in [0, 0.05) is 6.42 Å². The third kappa shape index (κ3) is 2.12. The summed E-state index contributed by atoms with van der Waals surface area (Å²) in [6, 6.07) is 0. The number of aliphatic hydroxyl groups is 1. The second kappa shape index (κ2) is 4.35. The predicted molar refractivity (Wildman–Crippen MR) is 71.4 cm³/mol. The molecule has 20 heavy (non-hydrogen) atoms. The molecule has 1 heterocycles.